The molecule has 0 saturated carbocycles. The van der Waals surface area contributed by atoms with E-state index in [-0.39, 0.29) is 0 Å². The summed E-state index contributed by atoms with van der Waals surface area (Å²) in [5.74, 6) is 1.10. The minimum Gasteiger partial charge on any atom is -0.399 e. The fourth-order valence-electron chi connectivity index (χ4n) is 1.53. The third-order valence-corrected chi connectivity index (χ3v) is 2.32. The zero-order valence-corrected chi connectivity index (χ0v) is 8.16. The van der Waals surface area contributed by atoms with Crippen LogP contribution in [0, 0.1) is 0 Å². The number of hydrogen-bond acceptors (Lipinski definition) is 3. The summed E-state index contributed by atoms with van der Waals surface area (Å²) in [6.07, 6.45) is 3.51. The molecule has 14 heavy (non-hydrogen) atoms. The summed E-state index contributed by atoms with van der Waals surface area (Å²) in [5, 5.41) is 3.30. The van der Waals surface area contributed by atoms with Crippen LogP contribution < -0.4 is 11.1 Å². The van der Waals surface area contributed by atoms with Gasteiger partial charge < -0.3 is 11.1 Å². The number of rotatable bonds is 1. The van der Waals surface area contributed by atoms with Crippen molar-refractivity contribution in [2.75, 3.05) is 17.6 Å². The number of nitrogens with one attached hydrogen (secondary N) is 1. The monoisotopic (exact) mass is 189 g/mol. The van der Waals surface area contributed by atoms with E-state index in [1.54, 1.807) is 0 Å². The van der Waals surface area contributed by atoms with Gasteiger partial charge in [0.25, 0.3) is 0 Å². The molecule has 0 saturated heterocycles. The number of amidine groups is 1. The van der Waals surface area contributed by atoms with Crippen molar-refractivity contribution in [1.29, 1.82) is 0 Å². The van der Waals surface area contributed by atoms with Crippen LogP contribution in [-0.2, 0) is 0 Å². The summed E-state index contributed by atoms with van der Waals surface area (Å²) in [5.41, 5.74) is 7.46. The molecule has 1 aromatic rings. The highest BCUT2D eigenvalue weighted by molar-refractivity contribution is 5.95. The molecule has 3 heteroatoms. The van der Waals surface area contributed by atoms with Crippen LogP contribution in [0.1, 0.15) is 19.3 Å². The molecule has 0 bridgehead atoms. The Morgan fingerprint density at radius 3 is 2.57 bits per heavy atom. The molecule has 1 heterocycles. The first kappa shape index (κ1) is 9.06. The standard InChI is InChI=1S/C11H15N3/c12-9-4-6-10(7-5-9)14-11-3-1-2-8-13-11/h4-7H,1-3,8,12H2,(H,13,14). The third kappa shape index (κ3) is 2.25. The van der Waals surface area contributed by atoms with E-state index >= 15 is 0 Å². The fourth-order valence-corrected chi connectivity index (χ4v) is 1.53. The predicted molar refractivity (Wildman–Crippen MR) is 60.6 cm³/mol. The summed E-state index contributed by atoms with van der Waals surface area (Å²) in [6.45, 7) is 0.956. The molecular weight excluding hydrogens is 174 g/mol. The lowest BCUT2D eigenvalue weighted by atomic mass is 10.2. The van der Waals surface area contributed by atoms with Crippen LogP contribution in [0.5, 0.6) is 0 Å². The molecule has 2 rings (SSSR count). The number of nitrogens with zero attached hydrogens (tertiary/aromatic N) is 1. The van der Waals surface area contributed by atoms with Crippen LogP contribution in [0.2, 0.25) is 0 Å². The number of nitrogens with two attached hydrogens (primary N) is 1. The van der Waals surface area contributed by atoms with Crippen LogP contribution in [-0.4, -0.2) is 12.4 Å². The van der Waals surface area contributed by atoms with Gasteiger partial charge in [-0.25, -0.2) is 0 Å². The van der Waals surface area contributed by atoms with E-state index in [0.717, 1.165) is 30.2 Å². The molecular formula is C11H15N3. The first-order valence-corrected chi connectivity index (χ1v) is 5.00. The first-order chi connectivity index (χ1) is 6.84. The fraction of sp³-hybridized carbons (Fsp3) is 0.364. The maximum Gasteiger partial charge on any atom is 0.101 e. The maximum absolute atomic E-state index is 5.60. The maximum atomic E-state index is 5.60. The zero-order valence-electron chi connectivity index (χ0n) is 8.16. The number of anilines is 2. The number of hydrogen-bond donors (Lipinski definition) is 2. The number of benzene rings is 1. The van der Waals surface area contributed by atoms with Gasteiger partial charge in [-0.3, -0.25) is 4.99 Å². The topological polar surface area (TPSA) is 50.4 Å². The highest BCUT2D eigenvalue weighted by Crippen LogP contribution is 2.13. The molecule has 0 amide bonds. The van der Waals surface area contributed by atoms with Crippen LogP contribution in [0.25, 0.3) is 0 Å². The van der Waals surface area contributed by atoms with E-state index in [1.165, 1.54) is 12.8 Å². The van der Waals surface area contributed by atoms with Crippen LogP contribution in [0.15, 0.2) is 29.3 Å². The SMILES string of the molecule is Nc1ccc(NC2=NCCCC2)cc1. The Balaban J connectivity index is 2.03. The van der Waals surface area contributed by atoms with E-state index < -0.39 is 0 Å². The molecule has 0 radical (unpaired) electrons. The second-order valence-electron chi connectivity index (χ2n) is 3.53. The quantitative estimate of drug-likeness (QED) is 0.666. The predicted octanol–water partition coefficient (Wildman–Crippen LogP) is 2.26. The molecule has 0 fully saturated rings. The highest BCUT2D eigenvalue weighted by atomic mass is 15.0. The average Bonchev–Trinajstić information content (AvgIpc) is 2.23. The molecule has 0 atom stereocenters. The minimum absolute atomic E-state index is 0.793. The highest BCUT2D eigenvalue weighted by Gasteiger charge is 2.04. The van der Waals surface area contributed by atoms with Gasteiger partial charge in [-0.2, -0.15) is 0 Å². The van der Waals surface area contributed by atoms with Crippen molar-refractivity contribution in [3.05, 3.63) is 24.3 Å². The molecule has 1 aliphatic heterocycles. The third-order valence-electron chi connectivity index (χ3n) is 2.32. The number of aliphatic imine (C=N–C) groups is 1. The second-order valence-corrected chi connectivity index (χ2v) is 3.53. The molecule has 3 N–H and O–H groups in total. The summed E-state index contributed by atoms with van der Waals surface area (Å²) >= 11 is 0. The molecule has 1 aromatic carbocycles. The Morgan fingerprint density at radius 2 is 1.93 bits per heavy atom. The lowest BCUT2D eigenvalue weighted by Gasteiger charge is -2.13. The van der Waals surface area contributed by atoms with E-state index in [1.807, 2.05) is 24.3 Å². The van der Waals surface area contributed by atoms with Gasteiger partial charge >= 0.3 is 0 Å². The summed E-state index contributed by atoms with van der Waals surface area (Å²) in [6, 6.07) is 7.75. The van der Waals surface area contributed by atoms with Gasteiger partial charge in [0.05, 0.1) is 0 Å². The number of nitrogen functional groups attached to an aromatic ring is 1. The van der Waals surface area contributed by atoms with Gasteiger partial charge in [-0.15, -0.1) is 0 Å². The Hall–Kier alpha value is -1.51. The van der Waals surface area contributed by atoms with Crippen molar-refractivity contribution in [1.82, 2.24) is 0 Å². The first-order valence-electron chi connectivity index (χ1n) is 5.00. The van der Waals surface area contributed by atoms with Gasteiger partial charge in [0.2, 0.25) is 0 Å². The van der Waals surface area contributed by atoms with Gasteiger partial charge in [0, 0.05) is 24.3 Å². The molecule has 0 unspecified atom stereocenters. The van der Waals surface area contributed by atoms with Crippen molar-refractivity contribution in [2.24, 2.45) is 4.99 Å². The molecule has 1 aliphatic rings. The Bertz CT molecular complexity index is 327. The Kier molecular flexibility index (Phi) is 2.68. The van der Waals surface area contributed by atoms with E-state index in [9.17, 15) is 0 Å². The Morgan fingerprint density at radius 1 is 1.14 bits per heavy atom. The van der Waals surface area contributed by atoms with Crippen LogP contribution >= 0.6 is 0 Å². The largest absolute Gasteiger partial charge is 0.399 e. The molecule has 0 spiro atoms. The smallest absolute Gasteiger partial charge is 0.101 e. The average molecular weight is 189 g/mol. The van der Waals surface area contributed by atoms with Crippen molar-refractivity contribution >= 4 is 17.2 Å². The zero-order chi connectivity index (χ0) is 9.80. The molecule has 0 aromatic heterocycles. The molecule has 0 aliphatic carbocycles. The van der Waals surface area contributed by atoms with Crippen molar-refractivity contribution in [3.63, 3.8) is 0 Å². The lowest BCUT2D eigenvalue weighted by molar-refractivity contribution is 0.737. The van der Waals surface area contributed by atoms with Crippen molar-refractivity contribution in [3.8, 4) is 0 Å². The van der Waals surface area contributed by atoms with Gasteiger partial charge in [0.15, 0.2) is 0 Å². The van der Waals surface area contributed by atoms with Crippen molar-refractivity contribution in [2.45, 2.75) is 19.3 Å². The van der Waals surface area contributed by atoms with Crippen LogP contribution in [0.4, 0.5) is 11.4 Å². The summed E-state index contributed by atoms with van der Waals surface area (Å²) < 4.78 is 0. The van der Waals surface area contributed by atoms with Crippen LogP contribution in [0.3, 0.4) is 0 Å². The molecule has 3 nitrogen and oxygen atoms in total. The Labute approximate surface area is 84.0 Å². The normalized spacial score (nSPS) is 16.1. The lowest BCUT2D eigenvalue weighted by Crippen LogP contribution is -2.15. The molecule has 74 valence electrons. The van der Waals surface area contributed by atoms with Crippen molar-refractivity contribution < 1.29 is 0 Å². The minimum atomic E-state index is 0.793. The summed E-state index contributed by atoms with van der Waals surface area (Å²) in [7, 11) is 0. The summed E-state index contributed by atoms with van der Waals surface area (Å²) in [4.78, 5) is 4.42. The van der Waals surface area contributed by atoms with E-state index in [4.69, 9.17) is 5.73 Å². The van der Waals surface area contributed by atoms with E-state index in [0.29, 0.717) is 0 Å². The second kappa shape index (κ2) is 4.13. The van der Waals surface area contributed by atoms with E-state index in [2.05, 4.69) is 10.3 Å². The van der Waals surface area contributed by atoms with Gasteiger partial charge in [0.1, 0.15) is 5.84 Å². The van der Waals surface area contributed by atoms with Gasteiger partial charge in [-0.1, -0.05) is 0 Å². The van der Waals surface area contributed by atoms with Gasteiger partial charge in [-0.05, 0) is 37.1 Å².